The monoisotopic (exact) mass is 842 g/mol. The Balaban J connectivity index is 0.000000248. The van der Waals surface area contributed by atoms with Crippen LogP contribution in [0.25, 0.3) is 0 Å². The van der Waals surface area contributed by atoms with Crippen LogP contribution in [0.5, 0.6) is 0 Å². The van der Waals surface area contributed by atoms with Gasteiger partial charge in [-0.25, -0.2) is 16.8 Å². The summed E-state index contributed by atoms with van der Waals surface area (Å²) < 4.78 is 75.2. The van der Waals surface area contributed by atoms with E-state index in [1.807, 2.05) is 109 Å². The van der Waals surface area contributed by atoms with E-state index in [-0.39, 0.29) is 50.6 Å². The van der Waals surface area contributed by atoms with Gasteiger partial charge in [0.05, 0.1) is 22.7 Å². The van der Waals surface area contributed by atoms with Crippen molar-refractivity contribution in [2.75, 3.05) is 20.4 Å². The number of rotatable bonds is 20. The molecule has 4 aromatic carbocycles. The Labute approximate surface area is 371 Å². The number of nitrogens with one attached hydrogen (secondary N) is 2. The Morgan fingerprint density at radius 3 is 1.14 bits per heavy atom. The maximum Gasteiger partial charge on any atom is 2.00 e. The fourth-order valence-electron chi connectivity index (χ4n) is 7.86. The van der Waals surface area contributed by atoms with Gasteiger partial charge in [0.25, 0.3) is 0 Å². The van der Waals surface area contributed by atoms with Gasteiger partial charge in [0, 0.05) is 25.9 Å². The SMILES string of the molecule is CCCCCCCCC1(S(=O)(=O)[O-])Nc2ccccc2N1Cc1ccccc1.CCCCCCCCC1(S(=O)(=O)[O-])Nc2ccccc2N1Cc1ccccc1.[Ca+2]. The molecule has 0 aromatic heterocycles. The van der Waals surface area contributed by atoms with Gasteiger partial charge in [0.1, 0.15) is 20.2 Å². The molecule has 2 heterocycles. The van der Waals surface area contributed by atoms with Gasteiger partial charge in [0.2, 0.25) is 9.99 Å². The molecule has 2 aliphatic heterocycles. The van der Waals surface area contributed by atoms with E-state index in [0.29, 0.717) is 37.3 Å². The molecule has 2 aliphatic rings. The molecule has 0 spiro atoms. The third-order valence-corrected chi connectivity index (χ3v) is 13.6. The minimum Gasteiger partial charge on any atom is -0.745 e. The zero-order valence-electron chi connectivity index (χ0n) is 33.6. The molecule has 13 heteroatoms. The molecule has 6 rings (SSSR count). The number of hydrogen-bond acceptors (Lipinski definition) is 10. The quantitative estimate of drug-likeness (QED) is 0.0501. The third-order valence-electron chi connectivity index (χ3n) is 10.9. The van der Waals surface area contributed by atoms with Crippen LogP contribution in [-0.4, -0.2) is 73.7 Å². The predicted molar refractivity (Wildman–Crippen MR) is 232 cm³/mol. The number of unbranched alkanes of at least 4 members (excludes halogenated alkanes) is 10. The number of hydrogen-bond donors (Lipinski definition) is 2. The van der Waals surface area contributed by atoms with E-state index in [4.69, 9.17) is 0 Å². The van der Waals surface area contributed by atoms with E-state index in [0.717, 1.165) is 61.0 Å². The molecule has 0 bridgehead atoms. The molecular formula is C44H58CaN4O6S2. The molecule has 304 valence electrons. The molecule has 0 aliphatic carbocycles. The minimum atomic E-state index is -4.63. The van der Waals surface area contributed by atoms with Crippen molar-refractivity contribution >= 4 is 80.7 Å². The third kappa shape index (κ3) is 11.7. The molecule has 2 unspecified atom stereocenters. The molecule has 0 saturated carbocycles. The van der Waals surface area contributed by atoms with Crippen molar-refractivity contribution in [3.8, 4) is 0 Å². The normalized spacial score (nSPS) is 18.4. The van der Waals surface area contributed by atoms with Crippen molar-refractivity contribution in [3.63, 3.8) is 0 Å². The fraction of sp³-hybridized carbons (Fsp3) is 0.455. The molecule has 2 N–H and O–H groups in total. The summed E-state index contributed by atoms with van der Waals surface area (Å²) in [5, 5.41) is 6.17. The van der Waals surface area contributed by atoms with Crippen molar-refractivity contribution in [2.24, 2.45) is 0 Å². The Bertz CT molecular complexity index is 1890. The van der Waals surface area contributed by atoms with Crippen LogP contribution in [-0.2, 0) is 33.3 Å². The van der Waals surface area contributed by atoms with Crippen LogP contribution in [0.15, 0.2) is 109 Å². The number of benzene rings is 4. The van der Waals surface area contributed by atoms with Crippen molar-refractivity contribution < 1.29 is 25.9 Å². The Morgan fingerprint density at radius 2 is 0.789 bits per heavy atom. The fourth-order valence-corrected chi connectivity index (χ4v) is 9.99. The molecule has 0 radical (unpaired) electrons. The van der Waals surface area contributed by atoms with Crippen LogP contribution in [0, 0.1) is 0 Å². The van der Waals surface area contributed by atoms with E-state index >= 15 is 0 Å². The summed E-state index contributed by atoms with van der Waals surface area (Å²) in [4.78, 5) is 0.201. The molecule has 0 amide bonds. The van der Waals surface area contributed by atoms with Crippen LogP contribution < -0.4 is 20.4 Å². The van der Waals surface area contributed by atoms with Crippen LogP contribution in [0.2, 0.25) is 0 Å². The standard InChI is InChI=1S/2C22H30N2O3S.Ca/c2*1-2-3-4-5-6-12-17-22(28(25,26)27)23-20-15-10-11-16-21(20)24(22)18-19-13-8-7-9-14-19;/h2*7-11,13-16,23H,2-6,12,17-18H2,1H3,(H,25,26,27);/q;;+2/p-2. The van der Waals surface area contributed by atoms with Gasteiger partial charge < -0.3 is 29.5 Å². The molecule has 10 nitrogen and oxygen atoms in total. The summed E-state index contributed by atoms with van der Waals surface area (Å²) in [5.74, 6) is 0. The first-order chi connectivity index (χ1) is 27.0. The average Bonchev–Trinajstić information content (AvgIpc) is 3.69. The Morgan fingerprint density at radius 1 is 0.474 bits per heavy atom. The summed E-state index contributed by atoms with van der Waals surface area (Å²) in [7, 11) is -9.27. The zero-order valence-corrected chi connectivity index (χ0v) is 37.4. The second-order valence-corrected chi connectivity index (χ2v) is 18.1. The van der Waals surface area contributed by atoms with E-state index in [2.05, 4.69) is 24.5 Å². The summed E-state index contributed by atoms with van der Waals surface area (Å²) in [6.07, 6.45) is 12.9. The second-order valence-electron chi connectivity index (χ2n) is 14.9. The first kappa shape index (κ1) is 46.8. The van der Waals surface area contributed by atoms with Gasteiger partial charge in [-0.3, -0.25) is 0 Å². The largest absolute Gasteiger partial charge is 2.00 e. The number of anilines is 4. The van der Waals surface area contributed by atoms with Gasteiger partial charge >= 0.3 is 37.7 Å². The Hall–Kier alpha value is -2.84. The van der Waals surface area contributed by atoms with E-state index in [1.54, 1.807) is 9.80 Å². The second kappa shape index (κ2) is 22.0. The predicted octanol–water partition coefficient (Wildman–Crippen LogP) is 9.76. The van der Waals surface area contributed by atoms with Crippen LogP contribution in [0.3, 0.4) is 0 Å². The average molecular weight is 843 g/mol. The molecule has 57 heavy (non-hydrogen) atoms. The van der Waals surface area contributed by atoms with Crippen LogP contribution in [0.1, 0.15) is 115 Å². The van der Waals surface area contributed by atoms with Gasteiger partial charge in [-0.05, 0) is 48.2 Å². The Kier molecular flexibility index (Phi) is 18.0. The molecule has 2 atom stereocenters. The summed E-state index contributed by atoms with van der Waals surface area (Å²) in [6, 6.07) is 34.2. The summed E-state index contributed by atoms with van der Waals surface area (Å²) >= 11 is 0. The van der Waals surface area contributed by atoms with Crippen molar-refractivity contribution in [2.45, 2.75) is 127 Å². The molecule has 0 fully saturated rings. The maximum atomic E-state index is 12.5. The van der Waals surface area contributed by atoms with Gasteiger partial charge in [-0.15, -0.1) is 0 Å². The van der Waals surface area contributed by atoms with Crippen molar-refractivity contribution in [1.82, 2.24) is 0 Å². The topological polar surface area (TPSA) is 145 Å². The summed E-state index contributed by atoms with van der Waals surface area (Å²) in [5.41, 5.74) is 4.86. The molecule has 0 saturated heterocycles. The number of nitrogens with zero attached hydrogens (tertiary/aromatic N) is 2. The van der Waals surface area contributed by atoms with E-state index in [9.17, 15) is 25.9 Å². The van der Waals surface area contributed by atoms with Crippen LogP contribution >= 0.6 is 0 Å². The van der Waals surface area contributed by atoms with Gasteiger partial charge in [-0.2, -0.15) is 0 Å². The molecule has 4 aromatic rings. The minimum absolute atomic E-state index is 0. The number of fused-ring (bicyclic) bond motifs is 2. The van der Waals surface area contributed by atoms with E-state index < -0.39 is 30.2 Å². The van der Waals surface area contributed by atoms with Gasteiger partial charge in [-0.1, -0.05) is 163 Å². The summed E-state index contributed by atoms with van der Waals surface area (Å²) in [6.45, 7) is 5.06. The van der Waals surface area contributed by atoms with Crippen molar-refractivity contribution in [3.05, 3.63) is 120 Å². The van der Waals surface area contributed by atoms with Crippen LogP contribution in [0.4, 0.5) is 22.7 Å². The maximum absolute atomic E-state index is 12.5. The first-order valence-corrected chi connectivity index (χ1v) is 23.1. The number of para-hydroxylation sites is 4. The van der Waals surface area contributed by atoms with Crippen molar-refractivity contribution in [1.29, 1.82) is 0 Å². The van der Waals surface area contributed by atoms with E-state index in [1.165, 1.54) is 25.7 Å². The van der Waals surface area contributed by atoms with Gasteiger partial charge in [0.15, 0.2) is 0 Å². The zero-order chi connectivity index (χ0) is 40.1. The first-order valence-electron chi connectivity index (χ1n) is 20.2. The molecular weight excluding hydrogens is 785 g/mol. The smallest absolute Gasteiger partial charge is 0.745 e.